The van der Waals surface area contributed by atoms with Gasteiger partial charge in [0.05, 0.1) is 12.0 Å². The third kappa shape index (κ3) is 5.97. The number of furan rings is 1. The van der Waals surface area contributed by atoms with Crippen molar-refractivity contribution in [2.75, 3.05) is 4.90 Å². The lowest BCUT2D eigenvalue weighted by atomic mass is 9.67. The van der Waals surface area contributed by atoms with Gasteiger partial charge in [-0.25, -0.2) is 4.85 Å². The SMILES string of the molecule is [C-]#[N+]c1ccc(N(c2ccc(-c3ccc(-c4cc5ccccc5c5c4oc4ccc6ccccc6c45)cc3)cc2)c2ccc3c(c2)C(c2ccccc2)(c2ccccc2)c2ccccc2-3)cc1. The van der Waals surface area contributed by atoms with E-state index >= 15 is 0 Å². The van der Waals surface area contributed by atoms with E-state index in [1.54, 1.807) is 0 Å². The first-order valence-electron chi connectivity index (χ1n) is 22.8. The maximum absolute atomic E-state index is 7.70. The second-order valence-electron chi connectivity index (χ2n) is 17.5. The molecule has 312 valence electrons. The molecule has 1 heterocycles. The zero-order valence-electron chi connectivity index (χ0n) is 36.4. The first kappa shape index (κ1) is 38.5. The molecule has 0 radical (unpaired) electrons. The van der Waals surface area contributed by atoms with Gasteiger partial charge in [-0.3, -0.25) is 0 Å². The summed E-state index contributed by atoms with van der Waals surface area (Å²) in [7, 11) is 0. The van der Waals surface area contributed by atoms with Crippen LogP contribution >= 0.6 is 0 Å². The van der Waals surface area contributed by atoms with Crippen LogP contribution in [0.1, 0.15) is 22.3 Å². The van der Waals surface area contributed by atoms with Crippen LogP contribution in [0, 0.1) is 6.57 Å². The second kappa shape index (κ2) is 15.3. The van der Waals surface area contributed by atoms with E-state index in [1.807, 2.05) is 12.1 Å². The van der Waals surface area contributed by atoms with Gasteiger partial charge in [0.1, 0.15) is 11.2 Å². The Hall–Kier alpha value is -8.97. The van der Waals surface area contributed by atoms with Crippen LogP contribution < -0.4 is 4.90 Å². The summed E-state index contributed by atoms with van der Waals surface area (Å²) in [6.45, 7) is 7.70. The minimum Gasteiger partial charge on any atom is -0.455 e. The minimum atomic E-state index is -0.530. The Kier molecular flexibility index (Phi) is 8.81. The third-order valence-corrected chi connectivity index (χ3v) is 13.9. The van der Waals surface area contributed by atoms with Crippen molar-refractivity contribution in [3.8, 4) is 33.4 Å². The molecule has 13 rings (SSSR count). The lowest BCUT2D eigenvalue weighted by Gasteiger charge is -2.35. The quantitative estimate of drug-likeness (QED) is 0.149. The summed E-state index contributed by atoms with van der Waals surface area (Å²) in [5, 5.41) is 7.11. The predicted molar refractivity (Wildman–Crippen MR) is 278 cm³/mol. The lowest BCUT2D eigenvalue weighted by Crippen LogP contribution is -2.28. The van der Waals surface area contributed by atoms with Gasteiger partial charge >= 0.3 is 0 Å². The molecule has 0 spiro atoms. The predicted octanol–water partition coefficient (Wildman–Crippen LogP) is 17.6. The van der Waals surface area contributed by atoms with Crippen molar-refractivity contribution in [1.29, 1.82) is 0 Å². The van der Waals surface area contributed by atoms with Crippen LogP contribution in [0.5, 0.6) is 0 Å². The van der Waals surface area contributed by atoms with Gasteiger partial charge in [-0.05, 0) is 120 Å². The summed E-state index contributed by atoms with van der Waals surface area (Å²) in [4.78, 5) is 6.03. The summed E-state index contributed by atoms with van der Waals surface area (Å²) < 4.78 is 6.77. The molecular weight excluding hydrogens is 813 g/mol. The molecule has 67 heavy (non-hydrogen) atoms. The molecule has 11 aromatic carbocycles. The summed E-state index contributed by atoms with van der Waals surface area (Å²) >= 11 is 0. The monoisotopic (exact) mass is 852 g/mol. The van der Waals surface area contributed by atoms with E-state index < -0.39 is 5.41 Å². The van der Waals surface area contributed by atoms with Crippen molar-refractivity contribution in [1.82, 2.24) is 0 Å². The molecule has 3 heteroatoms. The van der Waals surface area contributed by atoms with E-state index in [2.05, 4.69) is 240 Å². The van der Waals surface area contributed by atoms with Crippen LogP contribution in [-0.2, 0) is 5.41 Å². The average Bonchev–Trinajstić information content (AvgIpc) is 3.95. The van der Waals surface area contributed by atoms with Crippen LogP contribution in [0.4, 0.5) is 22.7 Å². The highest BCUT2D eigenvalue weighted by Crippen LogP contribution is 2.57. The fraction of sp³-hybridized carbons (Fsp3) is 0.0156. The van der Waals surface area contributed by atoms with Crippen LogP contribution in [0.25, 0.3) is 81.7 Å². The van der Waals surface area contributed by atoms with Gasteiger partial charge in [-0.15, -0.1) is 0 Å². The molecule has 0 atom stereocenters. The number of nitrogens with zero attached hydrogens (tertiary/aromatic N) is 2. The van der Waals surface area contributed by atoms with E-state index in [9.17, 15) is 0 Å². The smallest absolute Gasteiger partial charge is 0.187 e. The van der Waals surface area contributed by atoms with Gasteiger partial charge in [0.2, 0.25) is 0 Å². The molecule has 0 amide bonds. The molecule has 0 N–H and O–H groups in total. The molecule has 12 aromatic rings. The highest BCUT2D eigenvalue weighted by molar-refractivity contribution is 6.28. The third-order valence-electron chi connectivity index (χ3n) is 13.9. The molecular formula is C64H40N2O. The van der Waals surface area contributed by atoms with Crippen molar-refractivity contribution in [2.45, 2.75) is 5.41 Å². The minimum absolute atomic E-state index is 0.530. The van der Waals surface area contributed by atoms with Gasteiger partial charge < -0.3 is 9.32 Å². The standard InChI is InChI=1S/C64H40N2O/c1-65-49-31-35-51(36-32-49)66(52-37-38-56-55-22-12-13-23-58(55)64(59(56)41-52,47-16-4-2-5-17-47)48-18-6-3-7-19-48)50-33-28-43(29-34-50)42-24-26-45(27-25-42)57-40-46-15-9-11-21-54(46)62-61-53-20-10-8-14-44(53)30-39-60(61)67-63(57)62/h2-41H. The molecule has 0 unspecified atom stereocenters. The zero-order valence-corrected chi connectivity index (χ0v) is 36.4. The maximum atomic E-state index is 7.70. The average molecular weight is 853 g/mol. The van der Waals surface area contributed by atoms with Crippen molar-refractivity contribution >= 4 is 66.2 Å². The van der Waals surface area contributed by atoms with Gasteiger partial charge in [0, 0.05) is 33.4 Å². The van der Waals surface area contributed by atoms with E-state index in [1.165, 1.54) is 54.9 Å². The van der Waals surface area contributed by atoms with Crippen LogP contribution in [-0.4, -0.2) is 0 Å². The van der Waals surface area contributed by atoms with E-state index in [4.69, 9.17) is 11.0 Å². The molecule has 0 bridgehead atoms. The Morgan fingerprint density at radius 3 is 1.61 bits per heavy atom. The molecule has 0 saturated heterocycles. The number of benzene rings is 11. The lowest BCUT2D eigenvalue weighted by molar-refractivity contribution is 0.670. The Balaban J connectivity index is 0.914. The van der Waals surface area contributed by atoms with Crippen molar-refractivity contribution in [3.05, 3.63) is 276 Å². The van der Waals surface area contributed by atoms with Crippen molar-refractivity contribution in [3.63, 3.8) is 0 Å². The first-order chi connectivity index (χ1) is 33.2. The van der Waals surface area contributed by atoms with E-state index in [0.717, 1.165) is 61.3 Å². The number of fused-ring (bicyclic) bond motifs is 10. The molecule has 0 aliphatic heterocycles. The highest BCUT2D eigenvalue weighted by Gasteiger charge is 2.46. The summed E-state index contributed by atoms with van der Waals surface area (Å²) in [5.74, 6) is 0. The van der Waals surface area contributed by atoms with Crippen molar-refractivity contribution < 1.29 is 4.42 Å². The van der Waals surface area contributed by atoms with E-state index in [0.29, 0.717) is 5.69 Å². The fourth-order valence-corrected chi connectivity index (χ4v) is 10.9. The topological polar surface area (TPSA) is 20.7 Å². The van der Waals surface area contributed by atoms with E-state index in [-0.39, 0.29) is 0 Å². The molecule has 0 fully saturated rings. The number of hydrogen-bond acceptors (Lipinski definition) is 2. The highest BCUT2D eigenvalue weighted by atomic mass is 16.3. The van der Waals surface area contributed by atoms with Crippen LogP contribution in [0.2, 0.25) is 0 Å². The Morgan fingerprint density at radius 1 is 0.388 bits per heavy atom. The molecule has 3 nitrogen and oxygen atoms in total. The van der Waals surface area contributed by atoms with Crippen LogP contribution in [0.15, 0.2) is 247 Å². The number of anilines is 3. The van der Waals surface area contributed by atoms with Gasteiger partial charge in [0.15, 0.2) is 5.69 Å². The summed E-state index contributed by atoms with van der Waals surface area (Å²) in [6.07, 6.45) is 0. The molecule has 1 aromatic heterocycles. The molecule has 1 aliphatic carbocycles. The maximum Gasteiger partial charge on any atom is 0.187 e. The summed E-state index contributed by atoms with van der Waals surface area (Å²) in [6, 6.07) is 87.0. The first-order valence-corrected chi connectivity index (χ1v) is 22.8. The fourth-order valence-electron chi connectivity index (χ4n) is 10.9. The zero-order chi connectivity index (χ0) is 44.5. The van der Waals surface area contributed by atoms with Gasteiger partial charge in [-0.2, -0.15) is 0 Å². The number of hydrogen-bond donors (Lipinski definition) is 0. The Bertz CT molecular complexity index is 3860. The Morgan fingerprint density at radius 2 is 0.925 bits per heavy atom. The molecule has 1 aliphatic rings. The van der Waals surface area contributed by atoms with Crippen molar-refractivity contribution in [2.24, 2.45) is 0 Å². The normalized spacial score (nSPS) is 12.6. The van der Waals surface area contributed by atoms with Crippen LogP contribution in [0.3, 0.4) is 0 Å². The largest absolute Gasteiger partial charge is 0.455 e. The Labute approximate surface area is 388 Å². The van der Waals surface area contributed by atoms with Gasteiger partial charge in [-0.1, -0.05) is 194 Å². The second-order valence-corrected chi connectivity index (χ2v) is 17.5. The number of rotatable bonds is 7. The van der Waals surface area contributed by atoms with Gasteiger partial charge in [0.25, 0.3) is 0 Å². The molecule has 0 saturated carbocycles. The summed E-state index contributed by atoms with van der Waals surface area (Å²) in [5.41, 5.74) is 16.8.